The Kier molecular flexibility index (Phi) is 2.87. The first kappa shape index (κ1) is 11.6. The van der Waals surface area contributed by atoms with Gasteiger partial charge >= 0.3 is 0 Å². The quantitative estimate of drug-likeness (QED) is 0.779. The zero-order valence-electron chi connectivity index (χ0n) is 11.0. The van der Waals surface area contributed by atoms with Crippen LogP contribution >= 0.6 is 0 Å². The van der Waals surface area contributed by atoms with Crippen LogP contribution in [0.3, 0.4) is 0 Å². The molecule has 0 atom stereocenters. The summed E-state index contributed by atoms with van der Waals surface area (Å²) in [6, 6.07) is 6.00. The van der Waals surface area contributed by atoms with Crippen LogP contribution in [0.5, 0.6) is 0 Å². The highest BCUT2D eigenvalue weighted by Crippen LogP contribution is 2.20. The Morgan fingerprint density at radius 1 is 1.26 bits per heavy atom. The molecule has 0 amide bonds. The summed E-state index contributed by atoms with van der Waals surface area (Å²) in [7, 11) is 1.97. The summed E-state index contributed by atoms with van der Waals surface area (Å²) in [6.07, 6.45) is 6.27. The van der Waals surface area contributed by atoms with Crippen LogP contribution < -0.4 is 5.32 Å². The molecule has 5 nitrogen and oxygen atoms in total. The number of rotatable bonds is 3. The molecule has 3 aromatic rings. The van der Waals surface area contributed by atoms with Crippen LogP contribution in [0.4, 0.5) is 11.6 Å². The van der Waals surface area contributed by atoms with E-state index in [-0.39, 0.29) is 0 Å². The van der Waals surface area contributed by atoms with Crippen molar-refractivity contribution in [2.24, 2.45) is 7.05 Å². The van der Waals surface area contributed by atoms with Gasteiger partial charge in [-0.05, 0) is 18.1 Å². The van der Waals surface area contributed by atoms with Crippen LogP contribution in [0.15, 0.2) is 36.9 Å². The lowest BCUT2D eigenvalue weighted by molar-refractivity contribution is 0.947. The van der Waals surface area contributed by atoms with Crippen molar-refractivity contribution in [3.63, 3.8) is 0 Å². The van der Waals surface area contributed by atoms with Crippen molar-refractivity contribution in [1.82, 2.24) is 19.5 Å². The van der Waals surface area contributed by atoms with Crippen molar-refractivity contribution in [2.45, 2.75) is 13.3 Å². The highest BCUT2D eigenvalue weighted by atomic mass is 15.1. The predicted molar refractivity (Wildman–Crippen MR) is 75.4 cm³/mol. The lowest BCUT2D eigenvalue weighted by Gasteiger charge is -2.08. The van der Waals surface area contributed by atoms with Gasteiger partial charge in [0.2, 0.25) is 0 Å². The van der Waals surface area contributed by atoms with Gasteiger partial charge in [0, 0.05) is 19.3 Å². The van der Waals surface area contributed by atoms with Crippen molar-refractivity contribution >= 4 is 22.7 Å². The fourth-order valence-electron chi connectivity index (χ4n) is 2.06. The van der Waals surface area contributed by atoms with Gasteiger partial charge in [0.05, 0.1) is 18.0 Å². The van der Waals surface area contributed by atoms with Gasteiger partial charge in [-0.25, -0.2) is 15.0 Å². The number of nitrogens with zero attached hydrogens (tertiary/aromatic N) is 4. The molecule has 0 aliphatic rings. The van der Waals surface area contributed by atoms with E-state index in [9.17, 15) is 0 Å². The second-order valence-corrected chi connectivity index (χ2v) is 4.40. The number of pyridine rings is 2. The van der Waals surface area contributed by atoms with Gasteiger partial charge in [0.1, 0.15) is 17.2 Å². The molecule has 0 saturated heterocycles. The smallest absolute Gasteiger partial charge is 0.134 e. The molecule has 0 aromatic carbocycles. The Hall–Kier alpha value is -2.43. The van der Waals surface area contributed by atoms with E-state index in [0.29, 0.717) is 0 Å². The molecule has 3 rings (SSSR count). The Bertz CT molecular complexity index is 717. The van der Waals surface area contributed by atoms with Gasteiger partial charge in [0.25, 0.3) is 0 Å². The molecule has 0 aliphatic heterocycles. The van der Waals surface area contributed by atoms with Crippen molar-refractivity contribution in [3.05, 3.63) is 42.5 Å². The molecule has 0 fully saturated rings. The minimum absolute atomic E-state index is 0.782. The van der Waals surface area contributed by atoms with Crippen molar-refractivity contribution in [1.29, 1.82) is 0 Å². The SMILES string of the molecule is CCc1cccnc1Nc1cc2c(cn1)ncn2C. The minimum Gasteiger partial charge on any atom is -0.334 e. The Labute approximate surface area is 111 Å². The highest BCUT2D eigenvalue weighted by molar-refractivity contribution is 5.78. The summed E-state index contributed by atoms with van der Waals surface area (Å²) < 4.78 is 1.97. The van der Waals surface area contributed by atoms with E-state index in [1.807, 2.05) is 23.7 Å². The van der Waals surface area contributed by atoms with E-state index in [1.54, 1.807) is 18.7 Å². The monoisotopic (exact) mass is 253 g/mol. The molecule has 5 heteroatoms. The summed E-state index contributed by atoms with van der Waals surface area (Å²) in [6.45, 7) is 2.11. The molecular formula is C14H15N5. The molecule has 1 N–H and O–H groups in total. The average molecular weight is 253 g/mol. The average Bonchev–Trinajstić information content (AvgIpc) is 2.81. The third-order valence-electron chi connectivity index (χ3n) is 3.13. The molecule has 0 unspecified atom stereocenters. The second-order valence-electron chi connectivity index (χ2n) is 4.40. The van der Waals surface area contributed by atoms with Gasteiger partial charge in [-0.3, -0.25) is 0 Å². The maximum atomic E-state index is 4.36. The van der Waals surface area contributed by atoms with Crippen LogP contribution in [0.2, 0.25) is 0 Å². The molecule has 0 radical (unpaired) electrons. The molecule has 0 aliphatic carbocycles. The molecule has 0 bridgehead atoms. The topological polar surface area (TPSA) is 55.6 Å². The number of aryl methyl sites for hydroxylation is 2. The van der Waals surface area contributed by atoms with Gasteiger partial charge < -0.3 is 9.88 Å². The van der Waals surface area contributed by atoms with Crippen LogP contribution in [0.25, 0.3) is 11.0 Å². The van der Waals surface area contributed by atoms with Gasteiger partial charge in [0.15, 0.2) is 0 Å². The minimum atomic E-state index is 0.782. The molecule has 96 valence electrons. The number of imidazole rings is 1. The van der Waals surface area contributed by atoms with Crippen LogP contribution in [-0.4, -0.2) is 19.5 Å². The summed E-state index contributed by atoms with van der Waals surface area (Å²) in [5.41, 5.74) is 3.12. The number of nitrogens with one attached hydrogen (secondary N) is 1. The number of hydrogen-bond acceptors (Lipinski definition) is 4. The zero-order valence-corrected chi connectivity index (χ0v) is 11.0. The molecule has 0 spiro atoms. The van der Waals surface area contributed by atoms with E-state index in [1.165, 1.54) is 5.56 Å². The van der Waals surface area contributed by atoms with Crippen LogP contribution in [0, 0.1) is 0 Å². The fourth-order valence-corrected chi connectivity index (χ4v) is 2.06. The normalized spacial score (nSPS) is 10.8. The third kappa shape index (κ3) is 2.14. The maximum Gasteiger partial charge on any atom is 0.134 e. The Morgan fingerprint density at radius 2 is 2.16 bits per heavy atom. The lowest BCUT2D eigenvalue weighted by Crippen LogP contribution is -2.00. The number of anilines is 2. The molecular weight excluding hydrogens is 238 g/mol. The first-order valence-corrected chi connectivity index (χ1v) is 6.26. The third-order valence-corrected chi connectivity index (χ3v) is 3.13. The van der Waals surface area contributed by atoms with Crippen molar-refractivity contribution < 1.29 is 0 Å². The summed E-state index contributed by atoms with van der Waals surface area (Å²) in [5, 5.41) is 3.27. The standard InChI is InChI=1S/C14H15N5/c1-3-10-5-4-6-15-14(10)18-13-7-12-11(8-16-13)17-9-19(12)2/h4-9H,3H2,1-2H3,(H,15,16,18). The summed E-state index contributed by atoms with van der Waals surface area (Å²) >= 11 is 0. The van der Waals surface area contributed by atoms with Gasteiger partial charge in [-0.15, -0.1) is 0 Å². The van der Waals surface area contributed by atoms with Crippen LogP contribution in [0.1, 0.15) is 12.5 Å². The Balaban J connectivity index is 1.98. The predicted octanol–water partition coefficient (Wildman–Crippen LogP) is 2.67. The van der Waals surface area contributed by atoms with Crippen molar-refractivity contribution in [2.75, 3.05) is 5.32 Å². The fraction of sp³-hybridized carbons (Fsp3) is 0.214. The number of aromatic nitrogens is 4. The molecule has 3 aromatic heterocycles. The summed E-state index contributed by atoms with van der Waals surface area (Å²) in [5.74, 6) is 1.64. The molecule has 0 saturated carbocycles. The second kappa shape index (κ2) is 4.68. The lowest BCUT2D eigenvalue weighted by atomic mass is 10.2. The first-order valence-electron chi connectivity index (χ1n) is 6.26. The zero-order chi connectivity index (χ0) is 13.2. The largest absolute Gasteiger partial charge is 0.334 e. The highest BCUT2D eigenvalue weighted by Gasteiger charge is 2.05. The Morgan fingerprint density at radius 3 is 3.00 bits per heavy atom. The number of hydrogen-bond donors (Lipinski definition) is 1. The van der Waals surface area contributed by atoms with Crippen LogP contribution in [-0.2, 0) is 13.5 Å². The van der Waals surface area contributed by atoms with E-state index in [4.69, 9.17) is 0 Å². The maximum absolute atomic E-state index is 4.36. The van der Waals surface area contributed by atoms with Gasteiger partial charge in [-0.1, -0.05) is 13.0 Å². The first-order chi connectivity index (χ1) is 9.28. The molecule has 3 heterocycles. The number of fused-ring (bicyclic) bond motifs is 1. The van der Waals surface area contributed by atoms with Crippen molar-refractivity contribution in [3.8, 4) is 0 Å². The molecule has 19 heavy (non-hydrogen) atoms. The van der Waals surface area contributed by atoms with E-state index >= 15 is 0 Å². The van der Waals surface area contributed by atoms with E-state index in [2.05, 4.69) is 33.3 Å². The summed E-state index contributed by atoms with van der Waals surface area (Å²) in [4.78, 5) is 13.0. The van der Waals surface area contributed by atoms with Gasteiger partial charge in [-0.2, -0.15) is 0 Å². The van der Waals surface area contributed by atoms with E-state index in [0.717, 1.165) is 29.1 Å². The van der Waals surface area contributed by atoms with E-state index < -0.39 is 0 Å².